The van der Waals surface area contributed by atoms with Crippen LogP contribution in [0.5, 0.6) is 0 Å². The molecule has 0 spiro atoms. The maximum absolute atomic E-state index is 12.4. The van der Waals surface area contributed by atoms with Crippen molar-refractivity contribution in [1.82, 2.24) is 5.32 Å². The number of alkyl halides is 2. The third kappa shape index (κ3) is 7.56. The molecule has 1 aromatic carbocycles. The zero-order chi connectivity index (χ0) is 21.1. The Morgan fingerprint density at radius 2 is 1.79 bits per heavy atom. The number of nitrogens with one attached hydrogen (secondary N) is 1. The summed E-state index contributed by atoms with van der Waals surface area (Å²) < 4.78 is 10.4. The number of ether oxygens (including phenoxy) is 2. The highest BCUT2D eigenvalue weighted by atomic mass is 35.5. The van der Waals surface area contributed by atoms with Gasteiger partial charge in [0.2, 0.25) is 5.91 Å². The third-order valence-electron chi connectivity index (χ3n) is 3.77. The van der Waals surface area contributed by atoms with Gasteiger partial charge in [-0.3, -0.25) is 9.59 Å². The second-order valence-electron chi connectivity index (χ2n) is 5.92. The van der Waals surface area contributed by atoms with Gasteiger partial charge in [-0.2, -0.15) is 0 Å². The number of hydrogen-bond acceptors (Lipinski definition) is 6. The second-order valence-corrected chi connectivity index (χ2v) is 6.68. The first kappa shape index (κ1) is 24.0. The quantitative estimate of drug-likeness (QED) is 0.427. The molecule has 7 nitrogen and oxygen atoms in total. The fourth-order valence-corrected chi connectivity index (χ4v) is 3.10. The third-order valence-corrected chi connectivity index (χ3v) is 4.11. The van der Waals surface area contributed by atoms with Crippen LogP contribution in [0.25, 0.3) is 0 Å². The van der Waals surface area contributed by atoms with E-state index < -0.39 is 30.0 Å². The van der Waals surface area contributed by atoms with Crippen molar-refractivity contribution in [1.29, 1.82) is 0 Å². The van der Waals surface area contributed by atoms with Crippen LogP contribution in [0.3, 0.4) is 0 Å². The van der Waals surface area contributed by atoms with Crippen molar-refractivity contribution in [3.05, 3.63) is 29.8 Å². The lowest BCUT2D eigenvalue weighted by Crippen LogP contribution is -2.46. The summed E-state index contributed by atoms with van der Waals surface area (Å²) in [5.74, 6) is -0.907. The maximum Gasteiger partial charge on any atom is 0.332 e. The van der Waals surface area contributed by atoms with E-state index in [1.807, 2.05) is 11.0 Å². The van der Waals surface area contributed by atoms with E-state index in [-0.39, 0.29) is 6.61 Å². The summed E-state index contributed by atoms with van der Waals surface area (Å²) in [4.78, 5) is 37.7. The zero-order valence-electron chi connectivity index (χ0n) is 16.2. The smallest absolute Gasteiger partial charge is 0.332 e. The van der Waals surface area contributed by atoms with Gasteiger partial charge < -0.3 is 19.7 Å². The van der Waals surface area contributed by atoms with Gasteiger partial charge in [-0.25, -0.2) is 4.79 Å². The standard InChI is InChI=1S/C19H26Cl2N2O5/c1-4-27-19(26)17(22-13(2)24)18(28-14(3)25)15-6-5-7-16(12-15)23(10-8-20)11-9-21/h5-7,12,17-18H,4,8-11H2,1-3H3,(H,22,24). The lowest BCUT2D eigenvalue weighted by molar-refractivity contribution is -0.159. The summed E-state index contributed by atoms with van der Waals surface area (Å²) in [5, 5.41) is 2.52. The van der Waals surface area contributed by atoms with Crippen molar-refractivity contribution in [2.75, 3.05) is 36.4 Å². The number of benzene rings is 1. The number of hydrogen-bond donors (Lipinski definition) is 1. The Balaban J connectivity index is 3.33. The Morgan fingerprint density at radius 3 is 2.29 bits per heavy atom. The number of halogens is 2. The first-order valence-corrected chi connectivity index (χ1v) is 9.98. The molecule has 0 aliphatic rings. The monoisotopic (exact) mass is 432 g/mol. The molecule has 0 aliphatic heterocycles. The van der Waals surface area contributed by atoms with E-state index in [0.717, 1.165) is 5.69 Å². The average molecular weight is 433 g/mol. The van der Waals surface area contributed by atoms with Gasteiger partial charge in [-0.1, -0.05) is 12.1 Å². The first-order chi connectivity index (χ1) is 13.3. The van der Waals surface area contributed by atoms with Gasteiger partial charge in [0, 0.05) is 44.4 Å². The van der Waals surface area contributed by atoms with E-state index >= 15 is 0 Å². The Hall–Kier alpha value is -1.99. The highest BCUT2D eigenvalue weighted by Crippen LogP contribution is 2.27. The number of rotatable bonds is 11. The number of carbonyl (C=O) groups excluding carboxylic acids is 3. The number of amides is 1. The lowest BCUT2D eigenvalue weighted by atomic mass is 10.0. The van der Waals surface area contributed by atoms with Crippen LogP contribution in [0.2, 0.25) is 0 Å². The van der Waals surface area contributed by atoms with Crippen LogP contribution in [-0.4, -0.2) is 55.3 Å². The molecule has 0 heterocycles. The van der Waals surface area contributed by atoms with E-state index in [0.29, 0.717) is 30.4 Å². The van der Waals surface area contributed by atoms with Crippen molar-refractivity contribution in [3.8, 4) is 0 Å². The van der Waals surface area contributed by atoms with E-state index in [2.05, 4.69) is 5.32 Å². The molecule has 28 heavy (non-hydrogen) atoms. The largest absolute Gasteiger partial charge is 0.464 e. The van der Waals surface area contributed by atoms with Crippen LogP contribution < -0.4 is 10.2 Å². The molecule has 0 aromatic heterocycles. The average Bonchev–Trinajstić information content (AvgIpc) is 2.64. The fourth-order valence-electron chi connectivity index (χ4n) is 2.69. The summed E-state index contributed by atoms with van der Waals surface area (Å²) in [5.41, 5.74) is 1.34. The van der Waals surface area contributed by atoms with E-state index in [1.54, 1.807) is 25.1 Å². The predicted molar refractivity (Wildman–Crippen MR) is 109 cm³/mol. The van der Waals surface area contributed by atoms with Crippen LogP contribution in [0.4, 0.5) is 5.69 Å². The Labute approximate surface area is 175 Å². The van der Waals surface area contributed by atoms with E-state index in [4.69, 9.17) is 32.7 Å². The number of carbonyl (C=O) groups is 3. The molecule has 1 N–H and O–H groups in total. The molecule has 0 saturated heterocycles. The van der Waals surface area contributed by atoms with Crippen LogP contribution in [0, 0.1) is 0 Å². The molecule has 1 amide bonds. The minimum atomic E-state index is -1.17. The Kier molecular flexibility index (Phi) is 10.7. The minimum Gasteiger partial charge on any atom is -0.464 e. The molecule has 0 bridgehead atoms. The van der Waals surface area contributed by atoms with Crippen molar-refractivity contribution in [2.24, 2.45) is 0 Å². The van der Waals surface area contributed by atoms with Gasteiger partial charge in [0.1, 0.15) is 0 Å². The molecule has 9 heteroatoms. The summed E-state index contributed by atoms with van der Waals surface area (Å²) in [7, 11) is 0. The molecule has 2 atom stereocenters. The van der Waals surface area contributed by atoms with Crippen LogP contribution in [0.1, 0.15) is 32.4 Å². The summed E-state index contributed by atoms with van der Waals surface area (Å²) in [6, 6.07) is 5.95. The Morgan fingerprint density at radius 1 is 1.14 bits per heavy atom. The number of esters is 2. The number of anilines is 1. The van der Waals surface area contributed by atoms with Crippen LogP contribution in [0.15, 0.2) is 24.3 Å². The van der Waals surface area contributed by atoms with Gasteiger partial charge in [-0.15, -0.1) is 23.2 Å². The highest BCUT2D eigenvalue weighted by molar-refractivity contribution is 6.18. The topological polar surface area (TPSA) is 84.9 Å². The van der Waals surface area contributed by atoms with E-state index in [1.165, 1.54) is 13.8 Å². The molecule has 1 aromatic rings. The molecule has 0 fully saturated rings. The van der Waals surface area contributed by atoms with Crippen LogP contribution >= 0.6 is 23.2 Å². The van der Waals surface area contributed by atoms with Crippen molar-refractivity contribution < 1.29 is 23.9 Å². The summed E-state index contributed by atoms with van der Waals surface area (Å²) in [6.07, 6.45) is -1.05. The first-order valence-electron chi connectivity index (χ1n) is 8.91. The number of nitrogens with zero attached hydrogens (tertiary/aromatic N) is 1. The van der Waals surface area contributed by atoms with Gasteiger partial charge >= 0.3 is 11.9 Å². The lowest BCUT2D eigenvalue weighted by Gasteiger charge is -2.28. The molecule has 2 unspecified atom stereocenters. The molecule has 0 radical (unpaired) electrons. The molecule has 1 rings (SSSR count). The van der Waals surface area contributed by atoms with Gasteiger partial charge in [0.15, 0.2) is 12.1 Å². The van der Waals surface area contributed by atoms with Gasteiger partial charge in [0.05, 0.1) is 6.61 Å². The van der Waals surface area contributed by atoms with E-state index in [9.17, 15) is 14.4 Å². The fraction of sp³-hybridized carbons (Fsp3) is 0.526. The summed E-state index contributed by atoms with van der Waals surface area (Å²) >= 11 is 11.7. The second kappa shape index (κ2) is 12.5. The summed E-state index contributed by atoms with van der Waals surface area (Å²) in [6.45, 7) is 5.43. The van der Waals surface area contributed by atoms with Crippen molar-refractivity contribution in [2.45, 2.75) is 32.9 Å². The van der Waals surface area contributed by atoms with Gasteiger partial charge in [0.25, 0.3) is 0 Å². The van der Waals surface area contributed by atoms with Gasteiger partial charge in [-0.05, 0) is 24.6 Å². The normalized spacial score (nSPS) is 12.6. The van der Waals surface area contributed by atoms with Crippen molar-refractivity contribution in [3.63, 3.8) is 0 Å². The molecular weight excluding hydrogens is 407 g/mol. The zero-order valence-corrected chi connectivity index (χ0v) is 17.8. The highest BCUT2D eigenvalue weighted by Gasteiger charge is 2.34. The molecular formula is C19H26Cl2N2O5. The molecule has 0 aliphatic carbocycles. The van der Waals surface area contributed by atoms with Crippen molar-refractivity contribution >= 4 is 46.7 Å². The minimum absolute atomic E-state index is 0.126. The molecule has 0 saturated carbocycles. The maximum atomic E-state index is 12.4. The van der Waals surface area contributed by atoms with Crippen LogP contribution in [-0.2, 0) is 23.9 Å². The Bertz CT molecular complexity index is 665. The SMILES string of the molecule is CCOC(=O)C(NC(C)=O)C(OC(C)=O)c1cccc(N(CCCl)CCCl)c1. The molecule has 156 valence electrons. The predicted octanol–water partition coefficient (Wildman–Crippen LogP) is 2.64.